The molecule has 2 aromatic heterocycles. The fourth-order valence-corrected chi connectivity index (χ4v) is 8.93. The van der Waals surface area contributed by atoms with Crippen LogP contribution in [0.5, 0.6) is 0 Å². The van der Waals surface area contributed by atoms with Crippen LogP contribution in [0.1, 0.15) is 75.0 Å². The maximum atomic E-state index is 2.49. The summed E-state index contributed by atoms with van der Waals surface area (Å²) in [5.74, 6) is 0. The average molecular weight is 559 g/mol. The summed E-state index contributed by atoms with van der Waals surface area (Å²) < 4.78 is 0. The third-order valence-electron chi connectivity index (χ3n) is 8.81. The van der Waals surface area contributed by atoms with E-state index in [4.69, 9.17) is 0 Å². The van der Waals surface area contributed by atoms with Gasteiger partial charge in [-0.25, -0.2) is 0 Å². The van der Waals surface area contributed by atoms with E-state index in [1.54, 1.807) is 0 Å². The standard InChI is InChI=1S/C38H38S2/c1-3-5-7-9-13-25-19-21-35(39-25)31-23-33-29-18-12-16-28-32(36-22-20-26(40-36)14-10-8-6-4-2)24-34(38(28)29)30-17-11-15-27(31)37(30)33/h11-12,15-24H,3-10,13-14H2,1-2H3. The number of fused-ring (bicyclic) bond motifs is 2. The highest BCUT2D eigenvalue weighted by Crippen LogP contribution is 2.49. The van der Waals surface area contributed by atoms with E-state index in [2.05, 4.69) is 86.6 Å². The van der Waals surface area contributed by atoms with Crippen LogP contribution in [-0.2, 0) is 12.8 Å². The number of aryl methyl sites for hydroxylation is 2. The van der Waals surface area contributed by atoms with Gasteiger partial charge in [0, 0.05) is 30.6 Å². The normalized spacial score (nSPS) is 12.2. The van der Waals surface area contributed by atoms with Crippen molar-refractivity contribution in [2.45, 2.75) is 78.1 Å². The van der Waals surface area contributed by atoms with E-state index in [0.717, 1.165) is 0 Å². The Hall–Kier alpha value is -2.94. The van der Waals surface area contributed by atoms with Gasteiger partial charge < -0.3 is 0 Å². The highest BCUT2D eigenvalue weighted by Gasteiger charge is 2.21. The molecule has 0 aliphatic rings. The minimum atomic E-state index is 1.21. The molecule has 0 N–H and O–H groups in total. The average Bonchev–Trinajstić information content (AvgIpc) is 3.77. The molecule has 40 heavy (non-hydrogen) atoms. The largest absolute Gasteiger partial charge is 0.140 e. The predicted molar refractivity (Wildman–Crippen MR) is 181 cm³/mol. The van der Waals surface area contributed by atoms with Crippen LogP contribution < -0.4 is 0 Å². The van der Waals surface area contributed by atoms with Crippen molar-refractivity contribution >= 4 is 65.8 Å². The number of rotatable bonds is 12. The molecule has 5 aromatic carbocycles. The Kier molecular flexibility index (Phi) is 7.24. The van der Waals surface area contributed by atoms with Crippen LogP contribution in [-0.4, -0.2) is 0 Å². The molecular formula is C38H38S2. The fourth-order valence-electron chi connectivity index (χ4n) is 6.77. The van der Waals surface area contributed by atoms with Crippen LogP contribution in [0.25, 0.3) is 64.0 Å². The Morgan fingerprint density at radius 2 is 0.900 bits per heavy atom. The summed E-state index contributed by atoms with van der Waals surface area (Å²) in [6.45, 7) is 4.58. The molecule has 2 heteroatoms. The van der Waals surface area contributed by atoms with Gasteiger partial charge in [-0.1, -0.05) is 88.8 Å². The van der Waals surface area contributed by atoms with E-state index in [1.165, 1.54) is 138 Å². The minimum Gasteiger partial charge on any atom is -0.140 e. The van der Waals surface area contributed by atoms with Crippen molar-refractivity contribution < 1.29 is 0 Å². The zero-order valence-corrected chi connectivity index (χ0v) is 25.4. The first-order valence-electron chi connectivity index (χ1n) is 15.4. The molecule has 0 saturated heterocycles. The van der Waals surface area contributed by atoms with E-state index in [1.807, 2.05) is 22.7 Å². The molecule has 0 radical (unpaired) electrons. The first-order valence-corrected chi connectivity index (χ1v) is 17.0. The van der Waals surface area contributed by atoms with E-state index < -0.39 is 0 Å². The van der Waals surface area contributed by atoms with Gasteiger partial charge in [0.05, 0.1) is 0 Å². The second-order valence-electron chi connectivity index (χ2n) is 11.6. The fraction of sp³-hybridized carbons (Fsp3) is 0.316. The molecule has 0 bridgehead atoms. The van der Waals surface area contributed by atoms with E-state index in [0.29, 0.717) is 0 Å². The second kappa shape index (κ2) is 11.1. The Balaban J connectivity index is 1.31. The number of benzene rings is 3. The number of hydrogen-bond donors (Lipinski definition) is 0. The lowest BCUT2D eigenvalue weighted by Gasteiger charge is -2.06. The monoisotopic (exact) mass is 558 g/mol. The summed E-state index contributed by atoms with van der Waals surface area (Å²) in [7, 11) is 0. The summed E-state index contributed by atoms with van der Waals surface area (Å²) in [5.41, 5.74) is 2.81. The highest BCUT2D eigenvalue weighted by molar-refractivity contribution is 7.16. The number of unbranched alkanes of at least 4 members (excludes halogenated alkanes) is 6. The third kappa shape index (κ3) is 4.50. The van der Waals surface area contributed by atoms with Gasteiger partial charge >= 0.3 is 0 Å². The molecule has 7 rings (SSSR count). The molecule has 2 heterocycles. The zero-order chi connectivity index (χ0) is 27.1. The van der Waals surface area contributed by atoms with Gasteiger partial charge in [-0.05, 0) is 105 Å². The van der Waals surface area contributed by atoms with Gasteiger partial charge in [0.15, 0.2) is 0 Å². The zero-order valence-electron chi connectivity index (χ0n) is 23.8. The third-order valence-corrected chi connectivity index (χ3v) is 11.2. The van der Waals surface area contributed by atoms with Gasteiger partial charge in [-0.3, -0.25) is 0 Å². The Morgan fingerprint density at radius 3 is 1.35 bits per heavy atom. The maximum absolute atomic E-state index is 2.49. The van der Waals surface area contributed by atoms with Crippen LogP contribution in [0.3, 0.4) is 0 Å². The summed E-state index contributed by atoms with van der Waals surface area (Å²) >= 11 is 4.00. The van der Waals surface area contributed by atoms with Crippen LogP contribution in [0, 0.1) is 0 Å². The molecule has 0 aliphatic heterocycles. The molecule has 0 spiro atoms. The topological polar surface area (TPSA) is 0 Å². The van der Waals surface area contributed by atoms with Gasteiger partial charge in [0.1, 0.15) is 0 Å². The maximum Gasteiger partial charge on any atom is 0.0352 e. The molecule has 0 atom stereocenters. The summed E-state index contributed by atoms with van der Waals surface area (Å²) in [6.07, 6.45) is 13.0. The van der Waals surface area contributed by atoms with Crippen molar-refractivity contribution in [2.24, 2.45) is 0 Å². The molecular weight excluding hydrogens is 521 g/mol. The van der Waals surface area contributed by atoms with Crippen LogP contribution in [0.2, 0.25) is 0 Å². The highest BCUT2D eigenvalue weighted by atomic mass is 32.1. The first-order chi connectivity index (χ1) is 19.8. The lowest BCUT2D eigenvalue weighted by Crippen LogP contribution is -1.80. The van der Waals surface area contributed by atoms with Gasteiger partial charge in [0.2, 0.25) is 0 Å². The Bertz CT molecular complexity index is 1740. The van der Waals surface area contributed by atoms with Crippen LogP contribution in [0.4, 0.5) is 0 Å². The minimum absolute atomic E-state index is 1.21. The molecule has 202 valence electrons. The van der Waals surface area contributed by atoms with Gasteiger partial charge in [0.25, 0.3) is 0 Å². The number of thiophene rings is 2. The summed E-state index contributed by atoms with van der Waals surface area (Å²) in [4.78, 5) is 5.88. The van der Waals surface area contributed by atoms with Gasteiger partial charge in [-0.15, -0.1) is 22.7 Å². The molecule has 0 fully saturated rings. The first kappa shape index (κ1) is 26.0. The molecule has 0 unspecified atom stereocenters. The molecule has 0 amide bonds. The van der Waals surface area contributed by atoms with Crippen LogP contribution >= 0.6 is 22.7 Å². The van der Waals surface area contributed by atoms with E-state index in [-0.39, 0.29) is 0 Å². The lowest BCUT2D eigenvalue weighted by atomic mass is 9.96. The Morgan fingerprint density at radius 1 is 0.450 bits per heavy atom. The summed E-state index contributed by atoms with van der Waals surface area (Å²) in [6, 6.07) is 28.4. The smallest absolute Gasteiger partial charge is 0.0352 e. The van der Waals surface area contributed by atoms with Crippen molar-refractivity contribution in [1.82, 2.24) is 0 Å². The van der Waals surface area contributed by atoms with E-state index >= 15 is 0 Å². The summed E-state index contributed by atoms with van der Waals surface area (Å²) in [5, 5.41) is 11.3. The second-order valence-corrected chi connectivity index (χ2v) is 13.9. The SMILES string of the molecule is CCCCCCc1ccc(-c2cc3c4cccc5c(-c6ccc(CCCCCC)s6)cc(c6cccc2c63)c54)s1. The molecule has 0 nitrogen and oxygen atoms in total. The van der Waals surface area contributed by atoms with Gasteiger partial charge in [-0.2, -0.15) is 0 Å². The van der Waals surface area contributed by atoms with Crippen LogP contribution in [0.15, 0.2) is 72.8 Å². The van der Waals surface area contributed by atoms with Crippen molar-refractivity contribution in [1.29, 1.82) is 0 Å². The van der Waals surface area contributed by atoms with Crippen molar-refractivity contribution in [3.8, 4) is 20.9 Å². The number of hydrogen-bond acceptors (Lipinski definition) is 2. The predicted octanol–water partition coefficient (Wildman–Crippen LogP) is 12.9. The van der Waals surface area contributed by atoms with E-state index in [9.17, 15) is 0 Å². The molecule has 0 saturated carbocycles. The Labute approximate surface area is 246 Å². The quantitative estimate of drug-likeness (QED) is 0.103. The molecule has 7 aromatic rings. The molecule has 0 aliphatic carbocycles. The lowest BCUT2D eigenvalue weighted by molar-refractivity contribution is 0.670. The van der Waals surface area contributed by atoms with Crippen molar-refractivity contribution in [3.63, 3.8) is 0 Å². The van der Waals surface area contributed by atoms with Crippen molar-refractivity contribution in [3.05, 3.63) is 82.6 Å². The van der Waals surface area contributed by atoms with Crippen molar-refractivity contribution in [2.75, 3.05) is 0 Å².